The molecule has 1 saturated heterocycles. The first-order valence-electron chi connectivity index (χ1n) is 5.73. The number of rotatable bonds is 4. The van der Waals surface area contributed by atoms with Crippen LogP contribution in [0.15, 0.2) is 18.3 Å². The molecule has 88 valence electrons. The first kappa shape index (κ1) is 11.4. The van der Waals surface area contributed by atoms with E-state index in [9.17, 15) is 0 Å². The molecule has 0 amide bonds. The minimum absolute atomic E-state index is 0.550. The average molecular weight is 221 g/mol. The van der Waals surface area contributed by atoms with Crippen molar-refractivity contribution in [2.45, 2.75) is 13.0 Å². The summed E-state index contributed by atoms with van der Waals surface area (Å²) in [6.07, 6.45) is 3.01. The van der Waals surface area contributed by atoms with Crippen molar-refractivity contribution in [3.8, 4) is 0 Å². The van der Waals surface area contributed by atoms with Gasteiger partial charge < -0.3 is 15.4 Å². The standard InChI is InChI=1S/C12H19N3O/c1-16-9-10-4-6-15(8-10)12-11(7-13)3-2-5-14-12/h2-3,5,10H,4,6-9,13H2,1H3. The SMILES string of the molecule is COCC1CCN(c2ncccc2CN)C1. The minimum Gasteiger partial charge on any atom is -0.384 e. The van der Waals surface area contributed by atoms with E-state index in [0.717, 1.165) is 31.1 Å². The van der Waals surface area contributed by atoms with E-state index in [2.05, 4.69) is 9.88 Å². The summed E-state index contributed by atoms with van der Waals surface area (Å²) in [4.78, 5) is 6.74. The number of nitrogens with zero attached hydrogens (tertiary/aromatic N) is 2. The van der Waals surface area contributed by atoms with Crippen LogP contribution in [0.3, 0.4) is 0 Å². The van der Waals surface area contributed by atoms with Crippen LogP contribution in [0.4, 0.5) is 5.82 Å². The minimum atomic E-state index is 0.550. The van der Waals surface area contributed by atoms with Gasteiger partial charge in [-0.05, 0) is 12.5 Å². The summed E-state index contributed by atoms with van der Waals surface area (Å²) < 4.78 is 5.19. The van der Waals surface area contributed by atoms with E-state index < -0.39 is 0 Å². The number of pyridine rings is 1. The number of nitrogens with two attached hydrogens (primary N) is 1. The average Bonchev–Trinajstić information content (AvgIpc) is 2.78. The molecule has 1 aromatic rings. The van der Waals surface area contributed by atoms with Crippen molar-refractivity contribution < 1.29 is 4.74 Å². The molecule has 2 rings (SSSR count). The quantitative estimate of drug-likeness (QED) is 0.824. The van der Waals surface area contributed by atoms with Crippen molar-refractivity contribution in [2.75, 3.05) is 31.7 Å². The maximum Gasteiger partial charge on any atom is 0.133 e. The van der Waals surface area contributed by atoms with Crippen LogP contribution < -0.4 is 10.6 Å². The maximum absolute atomic E-state index is 5.72. The summed E-state index contributed by atoms with van der Waals surface area (Å²) in [5, 5.41) is 0. The topological polar surface area (TPSA) is 51.4 Å². The number of hydrogen-bond donors (Lipinski definition) is 1. The molecule has 0 bridgehead atoms. The number of anilines is 1. The highest BCUT2D eigenvalue weighted by atomic mass is 16.5. The van der Waals surface area contributed by atoms with Crippen molar-refractivity contribution in [3.63, 3.8) is 0 Å². The van der Waals surface area contributed by atoms with Gasteiger partial charge in [0.2, 0.25) is 0 Å². The van der Waals surface area contributed by atoms with Crippen LogP contribution in [0.2, 0.25) is 0 Å². The molecule has 4 heteroatoms. The Hall–Kier alpha value is -1.13. The van der Waals surface area contributed by atoms with Crippen molar-refractivity contribution in [2.24, 2.45) is 11.7 Å². The second-order valence-corrected chi connectivity index (χ2v) is 4.25. The third-order valence-corrected chi connectivity index (χ3v) is 3.08. The summed E-state index contributed by atoms with van der Waals surface area (Å²) in [7, 11) is 1.76. The van der Waals surface area contributed by atoms with Crippen LogP contribution in [0.5, 0.6) is 0 Å². The van der Waals surface area contributed by atoms with Gasteiger partial charge in [0.05, 0.1) is 6.61 Å². The Balaban J connectivity index is 2.08. The predicted molar refractivity (Wildman–Crippen MR) is 64.3 cm³/mol. The van der Waals surface area contributed by atoms with E-state index in [-0.39, 0.29) is 0 Å². The van der Waals surface area contributed by atoms with Crippen molar-refractivity contribution in [1.82, 2.24) is 4.98 Å². The third kappa shape index (κ3) is 2.33. The molecule has 0 aliphatic carbocycles. The van der Waals surface area contributed by atoms with Gasteiger partial charge in [0.15, 0.2) is 0 Å². The Morgan fingerprint density at radius 1 is 1.62 bits per heavy atom. The van der Waals surface area contributed by atoms with Crippen LogP contribution >= 0.6 is 0 Å². The number of aromatic nitrogens is 1. The molecule has 1 aromatic heterocycles. The van der Waals surface area contributed by atoms with Gasteiger partial charge in [-0.1, -0.05) is 6.07 Å². The van der Waals surface area contributed by atoms with E-state index in [0.29, 0.717) is 12.5 Å². The molecule has 0 spiro atoms. The number of ether oxygens (including phenoxy) is 1. The van der Waals surface area contributed by atoms with Gasteiger partial charge in [-0.15, -0.1) is 0 Å². The number of methoxy groups -OCH3 is 1. The zero-order valence-corrected chi connectivity index (χ0v) is 9.72. The second kappa shape index (κ2) is 5.27. The fourth-order valence-electron chi connectivity index (χ4n) is 2.27. The van der Waals surface area contributed by atoms with E-state index in [1.165, 1.54) is 6.42 Å². The molecule has 1 unspecified atom stereocenters. The molecule has 4 nitrogen and oxygen atoms in total. The summed E-state index contributed by atoms with van der Waals surface area (Å²) in [6, 6.07) is 3.99. The smallest absolute Gasteiger partial charge is 0.133 e. The fraction of sp³-hybridized carbons (Fsp3) is 0.583. The Bertz CT molecular complexity index is 343. The first-order chi connectivity index (χ1) is 7.85. The fourth-order valence-corrected chi connectivity index (χ4v) is 2.27. The lowest BCUT2D eigenvalue weighted by molar-refractivity contribution is 0.161. The van der Waals surface area contributed by atoms with E-state index in [1.54, 1.807) is 7.11 Å². The monoisotopic (exact) mass is 221 g/mol. The highest BCUT2D eigenvalue weighted by molar-refractivity contribution is 5.47. The van der Waals surface area contributed by atoms with Crippen molar-refractivity contribution in [1.29, 1.82) is 0 Å². The summed E-state index contributed by atoms with van der Waals surface area (Å²) in [6.45, 7) is 3.46. The largest absolute Gasteiger partial charge is 0.384 e. The molecule has 1 aliphatic rings. The number of hydrogen-bond acceptors (Lipinski definition) is 4. The zero-order chi connectivity index (χ0) is 11.4. The van der Waals surface area contributed by atoms with Crippen LogP contribution in [0.1, 0.15) is 12.0 Å². The van der Waals surface area contributed by atoms with Gasteiger partial charge >= 0.3 is 0 Å². The van der Waals surface area contributed by atoms with Gasteiger partial charge in [-0.3, -0.25) is 0 Å². The van der Waals surface area contributed by atoms with Gasteiger partial charge in [-0.25, -0.2) is 4.98 Å². The molecule has 2 heterocycles. The van der Waals surface area contributed by atoms with Crippen LogP contribution in [-0.2, 0) is 11.3 Å². The Morgan fingerprint density at radius 3 is 3.25 bits per heavy atom. The predicted octanol–water partition coefficient (Wildman–Crippen LogP) is 1.01. The molecule has 1 fully saturated rings. The second-order valence-electron chi connectivity index (χ2n) is 4.25. The van der Waals surface area contributed by atoms with Crippen LogP contribution in [0, 0.1) is 5.92 Å². The lowest BCUT2D eigenvalue weighted by Gasteiger charge is -2.20. The van der Waals surface area contributed by atoms with Gasteiger partial charge in [0.1, 0.15) is 5.82 Å². The third-order valence-electron chi connectivity index (χ3n) is 3.08. The van der Waals surface area contributed by atoms with Crippen molar-refractivity contribution >= 4 is 5.82 Å². The molecule has 0 radical (unpaired) electrons. The highest BCUT2D eigenvalue weighted by Crippen LogP contribution is 2.24. The van der Waals surface area contributed by atoms with Gasteiger partial charge in [0, 0.05) is 44.4 Å². The van der Waals surface area contributed by atoms with Crippen molar-refractivity contribution in [3.05, 3.63) is 23.9 Å². The molecule has 16 heavy (non-hydrogen) atoms. The summed E-state index contributed by atoms with van der Waals surface area (Å²) in [5.74, 6) is 1.67. The molecule has 0 saturated carbocycles. The maximum atomic E-state index is 5.72. The molecule has 0 aromatic carbocycles. The van der Waals surface area contributed by atoms with E-state index in [4.69, 9.17) is 10.5 Å². The summed E-state index contributed by atoms with van der Waals surface area (Å²) in [5.41, 5.74) is 6.85. The normalized spacial score (nSPS) is 20.4. The molecule has 1 aliphatic heterocycles. The van der Waals surface area contributed by atoms with E-state index >= 15 is 0 Å². The molecule has 1 atom stereocenters. The zero-order valence-electron chi connectivity index (χ0n) is 9.72. The lowest BCUT2D eigenvalue weighted by Crippen LogP contribution is -2.23. The van der Waals surface area contributed by atoms with Gasteiger partial charge in [0.25, 0.3) is 0 Å². The van der Waals surface area contributed by atoms with Gasteiger partial charge in [-0.2, -0.15) is 0 Å². The summed E-state index contributed by atoms with van der Waals surface area (Å²) >= 11 is 0. The molecule has 2 N–H and O–H groups in total. The Morgan fingerprint density at radius 2 is 2.50 bits per heavy atom. The Kier molecular flexibility index (Phi) is 3.74. The molecular formula is C12H19N3O. The van der Waals surface area contributed by atoms with Crippen LogP contribution in [-0.4, -0.2) is 31.8 Å². The highest BCUT2D eigenvalue weighted by Gasteiger charge is 2.24. The van der Waals surface area contributed by atoms with E-state index in [1.807, 2.05) is 18.3 Å². The molecular weight excluding hydrogens is 202 g/mol. The Labute approximate surface area is 96.4 Å². The lowest BCUT2D eigenvalue weighted by atomic mass is 10.1. The van der Waals surface area contributed by atoms with Crippen LogP contribution in [0.25, 0.3) is 0 Å². The first-order valence-corrected chi connectivity index (χ1v) is 5.73.